The van der Waals surface area contributed by atoms with E-state index in [0.717, 1.165) is 48.7 Å². The molecular formula is C22H22N4OS. The molecule has 1 amide bonds. The molecule has 3 heterocycles. The third-order valence-electron chi connectivity index (χ3n) is 5.44. The first kappa shape index (κ1) is 17.5. The number of hydrogen-bond donors (Lipinski definition) is 1. The van der Waals surface area contributed by atoms with Gasteiger partial charge in [-0.2, -0.15) is 0 Å². The Balaban J connectivity index is 1.34. The number of anilines is 1. The van der Waals surface area contributed by atoms with Crippen LogP contribution in [0.2, 0.25) is 0 Å². The number of fused-ring (bicyclic) bond motifs is 2. The molecule has 28 heavy (non-hydrogen) atoms. The molecule has 0 saturated carbocycles. The highest BCUT2D eigenvalue weighted by Crippen LogP contribution is 2.37. The van der Waals surface area contributed by atoms with E-state index in [2.05, 4.69) is 32.2 Å². The molecule has 2 aliphatic heterocycles. The Hall–Kier alpha value is -2.60. The van der Waals surface area contributed by atoms with Gasteiger partial charge in [-0.3, -0.25) is 4.79 Å². The molecule has 1 atom stereocenters. The minimum absolute atomic E-state index is 0.0541. The van der Waals surface area contributed by atoms with Crippen molar-refractivity contribution in [3.05, 3.63) is 59.9 Å². The zero-order chi connectivity index (χ0) is 18.9. The Morgan fingerprint density at radius 2 is 2.00 bits per heavy atom. The van der Waals surface area contributed by atoms with Crippen LogP contribution < -0.4 is 5.32 Å². The number of hydrogen-bond acceptors (Lipinski definition) is 4. The number of nitrogens with one attached hydrogen (secondary N) is 1. The van der Waals surface area contributed by atoms with Crippen molar-refractivity contribution in [1.29, 1.82) is 0 Å². The van der Waals surface area contributed by atoms with E-state index in [0.29, 0.717) is 0 Å². The van der Waals surface area contributed by atoms with Crippen LogP contribution in [0.3, 0.4) is 0 Å². The number of carbonyl (C=O) groups excluding carboxylic acids is 1. The number of aromatic nitrogens is 3. The van der Waals surface area contributed by atoms with E-state index >= 15 is 0 Å². The van der Waals surface area contributed by atoms with Crippen LogP contribution in [0.25, 0.3) is 11.4 Å². The van der Waals surface area contributed by atoms with Crippen LogP contribution in [0.15, 0.2) is 53.4 Å². The molecule has 1 N–H and O–H groups in total. The van der Waals surface area contributed by atoms with Gasteiger partial charge in [-0.1, -0.05) is 36.8 Å². The molecule has 142 valence electrons. The van der Waals surface area contributed by atoms with Crippen LogP contribution >= 0.6 is 11.8 Å². The fraction of sp³-hybridized carbons (Fsp3) is 0.318. The lowest BCUT2D eigenvalue weighted by Gasteiger charge is -2.12. The molecule has 0 aliphatic carbocycles. The second-order valence-corrected chi connectivity index (χ2v) is 8.64. The molecule has 2 aliphatic rings. The molecule has 0 radical (unpaired) electrons. The summed E-state index contributed by atoms with van der Waals surface area (Å²) < 4.78 is 2.23. The van der Waals surface area contributed by atoms with Gasteiger partial charge in [0.2, 0.25) is 5.91 Å². The van der Waals surface area contributed by atoms with Crippen molar-refractivity contribution in [3.63, 3.8) is 0 Å². The number of aryl methyl sites for hydroxylation is 1. The summed E-state index contributed by atoms with van der Waals surface area (Å²) in [7, 11) is 0. The van der Waals surface area contributed by atoms with E-state index in [1.165, 1.54) is 23.3 Å². The fourth-order valence-corrected chi connectivity index (χ4v) is 5.18. The van der Waals surface area contributed by atoms with Gasteiger partial charge >= 0.3 is 0 Å². The van der Waals surface area contributed by atoms with Crippen LogP contribution in [0, 0.1) is 0 Å². The fourth-order valence-electron chi connectivity index (χ4n) is 3.99. The molecule has 3 aromatic rings. The van der Waals surface area contributed by atoms with Crippen LogP contribution in [0.4, 0.5) is 5.69 Å². The molecule has 0 saturated heterocycles. The molecule has 5 rings (SSSR count). The standard InChI is InChI=1S/C22H22N4OS/c27-22(19-14-15-7-3-4-10-18(15)28-19)23-17-9-6-8-16(13-17)21-25-24-20-11-2-1-5-12-26(20)21/h3-4,6-10,13,19H,1-2,5,11-12,14H2,(H,23,27)/t19-/m1/s1. The van der Waals surface area contributed by atoms with E-state index in [-0.39, 0.29) is 11.2 Å². The quantitative estimate of drug-likeness (QED) is 0.723. The largest absolute Gasteiger partial charge is 0.325 e. The molecule has 0 fully saturated rings. The van der Waals surface area contributed by atoms with E-state index in [9.17, 15) is 4.79 Å². The highest BCUT2D eigenvalue weighted by molar-refractivity contribution is 8.01. The number of thioether (sulfide) groups is 1. The lowest BCUT2D eigenvalue weighted by atomic mass is 10.1. The van der Waals surface area contributed by atoms with Crippen molar-refractivity contribution < 1.29 is 4.79 Å². The first-order chi connectivity index (χ1) is 13.8. The lowest BCUT2D eigenvalue weighted by molar-refractivity contribution is -0.115. The number of amides is 1. The number of rotatable bonds is 3. The summed E-state index contributed by atoms with van der Waals surface area (Å²) in [5, 5.41) is 11.8. The summed E-state index contributed by atoms with van der Waals surface area (Å²) in [6, 6.07) is 16.2. The molecule has 0 bridgehead atoms. The molecule has 0 unspecified atom stereocenters. The van der Waals surface area contributed by atoms with Crippen molar-refractivity contribution in [1.82, 2.24) is 14.8 Å². The average Bonchev–Trinajstić information content (AvgIpc) is 3.26. The van der Waals surface area contributed by atoms with Gasteiger partial charge in [0.05, 0.1) is 5.25 Å². The first-order valence-corrected chi connectivity index (χ1v) is 10.7. The van der Waals surface area contributed by atoms with E-state index < -0.39 is 0 Å². The summed E-state index contributed by atoms with van der Waals surface area (Å²) >= 11 is 1.65. The number of benzene rings is 2. The Labute approximate surface area is 168 Å². The number of nitrogens with zero attached hydrogens (tertiary/aromatic N) is 3. The van der Waals surface area contributed by atoms with Gasteiger partial charge in [-0.05, 0) is 43.0 Å². The zero-order valence-electron chi connectivity index (χ0n) is 15.6. The third-order valence-corrected chi connectivity index (χ3v) is 6.75. The van der Waals surface area contributed by atoms with Gasteiger partial charge in [0.25, 0.3) is 0 Å². The predicted molar refractivity (Wildman–Crippen MR) is 111 cm³/mol. The van der Waals surface area contributed by atoms with Gasteiger partial charge in [0, 0.05) is 29.1 Å². The van der Waals surface area contributed by atoms with Crippen LogP contribution in [-0.4, -0.2) is 25.9 Å². The topological polar surface area (TPSA) is 59.8 Å². The average molecular weight is 391 g/mol. The molecule has 0 spiro atoms. The minimum atomic E-state index is -0.0783. The SMILES string of the molecule is O=C(Nc1cccc(-c2nnc3n2CCCCC3)c1)[C@H]1Cc2ccccc2S1. The van der Waals surface area contributed by atoms with Crippen molar-refractivity contribution in [2.24, 2.45) is 0 Å². The number of carbonyl (C=O) groups is 1. The Bertz CT molecular complexity index is 1000. The Morgan fingerprint density at radius 3 is 2.93 bits per heavy atom. The van der Waals surface area contributed by atoms with Gasteiger partial charge in [0.15, 0.2) is 5.82 Å². The van der Waals surface area contributed by atoms with Crippen LogP contribution in [0.5, 0.6) is 0 Å². The third kappa shape index (κ3) is 3.33. The smallest absolute Gasteiger partial charge is 0.238 e. The van der Waals surface area contributed by atoms with E-state index in [1.807, 2.05) is 36.4 Å². The summed E-state index contributed by atoms with van der Waals surface area (Å²) in [6.07, 6.45) is 5.34. The van der Waals surface area contributed by atoms with Gasteiger partial charge < -0.3 is 9.88 Å². The lowest BCUT2D eigenvalue weighted by Crippen LogP contribution is -2.24. The van der Waals surface area contributed by atoms with E-state index in [1.54, 1.807) is 11.8 Å². The van der Waals surface area contributed by atoms with Crippen molar-refractivity contribution in [2.75, 3.05) is 5.32 Å². The summed E-state index contributed by atoms with van der Waals surface area (Å²) in [6.45, 7) is 0.964. The van der Waals surface area contributed by atoms with Crippen molar-refractivity contribution in [2.45, 2.75) is 48.8 Å². The normalized spacial score (nSPS) is 18.2. The van der Waals surface area contributed by atoms with Gasteiger partial charge in [-0.15, -0.1) is 22.0 Å². The summed E-state index contributed by atoms with van der Waals surface area (Å²) in [5.74, 6) is 2.02. The summed E-state index contributed by atoms with van der Waals surface area (Å²) in [4.78, 5) is 14.0. The molecule has 1 aromatic heterocycles. The zero-order valence-corrected chi connectivity index (χ0v) is 16.4. The maximum absolute atomic E-state index is 12.8. The monoisotopic (exact) mass is 390 g/mol. The Morgan fingerprint density at radius 1 is 1.07 bits per heavy atom. The molecular weight excluding hydrogens is 368 g/mol. The Kier molecular flexibility index (Phi) is 4.64. The highest BCUT2D eigenvalue weighted by Gasteiger charge is 2.28. The molecule has 2 aromatic carbocycles. The van der Waals surface area contributed by atoms with Gasteiger partial charge in [-0.25, -0.2) is 0 Å². The van der Waals surface area contributed by atoms with E-state index in [4.69, 9.17) is 0 Å². The van der Waals surface area contributed by atoms with Crippen molar-refractivity contribution >= 4 is 23.4 Å². The minimum Gasteiger partial charge on any atom is -0.325 e. The van der Waals surface area contributed by atoms with Crippen LogP contribution in [0.1, 0.15) is 30.7 Å². The van der Waals surface area contributed by atoms with Gasteiger partial charge in [0.1, 0.15) is 5.82 Å². The molecule has 6 heteroatoms. The predicted octanol–water partition coefficient (Wildman–Crippen LogP) is 4.33. The summed E-state index contributed by atoms with van der Waals surface area (Å²) in [5.41, 5.74) is 3.07. The highest BCUT2D eigenvalue weighted by atomic mass is 32.2. The van der Waals surface area contributed by atoms with Crippen LogP contribution in [-0.2, 0) is 24.2 Å². The maximum atomic E-state index is 12.8. The maximum Gasteiger partial charge on any atom is 0.238 e. The second-order valence-electron chi connectivity index (χ2n) is 7.39. The molecule has 5 nitrogen and oxygen atoms in total. The second kappa shape index (κ2) is 7.43. The first-order valence-electron chi connectivity index (χ1n) is 9.86. The van der Waals surface area contributed by atoms with Crippen molar-refractivity contribution in [3.8, 4) is 11.4 Å².